The SMILES string of the molecule is CC(C)(C)c1ccc(-c2cccc(N(c3cccc(-c4cc(-c5cc(-c6cc(C(C)(C)C)cc(C(C)(C)C)c6)cc(C(C)(C)C)c5)cc(C(C)(C)C)c4)c3)c3ccc4c(c3)C(C)(C)c3ccccc3-4)c2)cc1. The summed E-state index contributed by atoms with van der Waals surface area (Å²) < 4.78 is 0. The van der Waals surface area contributed by atoms with E-state index in [9.17, 15) is 0 Å². The van der Waals surface area contributed by atoms with E-state index in [-0.39, 0.29) is 32.5 Å². The predicted molar refractivity (Wildman–Crippen MR) is 314 cm³/mol. The molecule has 8 aromatic rings. The maximum Gasteiger partial charge on any atom is 0.0467 e. The van der Waals surface area contributed by atoms with Gasteiger partial charge in [-0.05, 0) is 170 Å². The number of nitrogens with zero attached hydrogens (tertiary/aromatic N) is 1. The zero-order valence-electron chi connectivity index (χ0n) is 46.6. The summed E-state index contributed by atoms with van der Waals surface area (Å²) in [4.78, 5) is 2.47. The van der Waals surface area contributed by atoms with Gasteiger partial charge in [0.05, 0.1) is 0 Å². The molecule has 0 bridgehead atoms. The molecular formula is C71H79N. The van der Waals surface area contributed by atoms with Gasteiger partial charge in [0.15, 0.2) is 0 Å². The summed E-state index contributed by atoms with van der Waals surface area (Å²) in [6.07, 6.45) is 0. The number of anilines is 3. The topological polar surface area (TPSA) is 3.24 Å². The molecule has 0 fully saturated rings. The average molecular weight is 946 g/mol. The smallest absolute Gasteiger partial charge is 0.0467 e. The van der Waals surface area contributed by atoms with Crippen molar-refractivity contribution in [2.45, 2.75) is 150 Å². The van der Waals surface area contributed by atoms with E-state index in [0.29, 0.717) is 0 Å². The van der Waals surface area contributed by atoms with Gasteiger partial charge in [-0.15, -0.1) is 0 Å². The number of fused-ring (bicyclic) bond motifs is 3. The maximum absolute atomic E-state index is 2.47. The van der Waals surface area contributed by atoms with Gasteiger partial charge >= 0.3 is 0 Å². The Labute approximate surface area is 434 Å². The molecule has 1 nitrogen and oxygen atoms in total. The lowest BCUT2D eigenvalue weighted by molar-refractivity contribution is 0.569. The van der Waals surface area contributed by atoms with Crippen molar-refractivity contribution in [3.05, 3.63) is 209 Å². The second-order valence-electron chi connectivity index (χ2n) is 26.6. The number of hydrogen-bond donors (Lipinski definition) is 0. The molecule has 9 rings (SSSR count). The van der Waals surface area contributed by atoms with Crippen molar-refractivity contribution in [1.29, 1.82) is 0 Å². The fourth-order valence-electron chi connectivity index (χ4n) is 10.5. The van der Waals surface area contributed by atoms with Crippen LogP contribution in [0, 0.1) is 0 Å². The molecule has 1 aliphatic rings. The van der Waals surface area contributed by atoms with Gasteiger partial charge in [-0.25, -0.2) is 0 Å². The summed E-state index contributed by atoms with van der Waals surface area (Å²) in [6, 6.07) is 65.5. The Bertz CT molecular complexity index is 3290. The molecule has 0 aliphatic heterocycles. The van der Waals surface area contributed by atoms with Crippen LogP contribution in [0.25, 0.3) is 55.6 Å². The quantitative estimate of drug-likeness (QED) is 0.154. The van der Waals surface area contributed by atoms with Gasteiger partial charge in [-0.1, -0.05) is 239 Å². The van der Waals surface area contributed by atoms with Gasteiger partial charge in [0, 0.05) is 22.5 Å². The zero-order valence-corrected chi connectivity index (χ0v) is 46.6. The highest BCUT2D eigenvalue weighted by Gasteiger charge is 2.36. The second kappa shape index (κ2) is 17.9. The Morgan fingerprint density at radius 2 is 0.639 bits per heavy atom. The van der Waals surface area contributed by atoms with Crippen LogP contribution in [0.1, 0.15) is 157 Å². The highest BCUT2D eigenvalue weighted by Crippen LogP contribution is 2.51. The van der Waals surface area contributed by atoms with Crippen molar-refractivity contribution >= 4 is 17.1 Å². The lowest BCUT2D eigenvalue weighted by Crippen LogP contribution is -2.16. The molecule has 368 valence electrons. The maximum atomic E-state index is 2.47. The Kier molecular flexibility index (Phi) is 12.6. The lowest BCUT2D eigenvalue weighted by atomic mass is 9.77. The zero-order chi connectivity index (χ0) is 51.9. The van der Waals surface area contributed by atoms with Crippen LogP contribution in [0.2, 0.25) is 0 Å². The van der Waals surface area contributed by atoms with Crippen molar-refractivity contribution in [2.24, 2.45) is 0 Å². The van der Waals surface area contributed by atoms with Gasteiger partial charge in [-0.3, -0.25) is 0 Å². The minimum atomic E-state index is -0.135. The van der Waals surface area contributed by atoms with Crippen molar-refractivity contribution in [3.63, 3.8) is 0 Å². The van der Waals surface area contributed by atoms with E-state index in [1.54, 1.807) is 0 Å². The summed E-state index contributed by atoms with van der Waals surface area (Å²) >= 11 is 0. The van der Waals surface area contributed by atoms with Crippen LogP contribution in [0.4, 0.5) is 17.1 Å². The molecule has 0 atom stereocenters. The third kappa shape index (κ3) is 10.0. The minimum absolute atomic E-state index is 0.0185. The van der Waals surface area contributed by atoms with E-state index in [2.05, 4.69) is 292 Å². The van der Waals surface area contributed by atoms with E-state index in [1.165, 1.54) is 94.6 Å². The lowest BCUT2D eigenvalue weighted by Gasteiger charge is -2.29. The van der Waals surface area contributed by atoms with Crippen LogP contribution in [0.5, 0.6) is 0 Å². The van der Waals surface area contributed by atoms with Crippen LogP contribution in [-0.2, 0) is 32.5 Å². The van der Waals surface area contributed by atoms with Crippen LogP contribution in [0.15, 0.2) is 170 Å². The van der Waals surface area contributed by atoms with Crippen molar-refractivity contribution in [2.75, 3.05) is 4.90 Å². The summed E-state index contributed by atoms with van der Waals surface area (Å²) in [6.45, 7) is 39.6. The minimum Gasteiger partial charge on any atom is -0.310 e. The molecule has 0 N–H and O–H groups in total. The fourth-order valence-corrected chi connectivity index (χ4v) is 10.5. The third-order valence-electron chi connectivity index (χ3n) is 15.4. The largest absolute Gasteiger partial charge is 0.310 e. The first kappa shape index (κ1) is 50.5. The van der Waals surface area contributed by atoms with Gasteiger partial charge < -0.3 is 4.90 Å². The highest BCUT2D eigenvalue weighted by molar-refractivity contribution is 5.88. The first-order valence-electron chi connectivity index (χ1n) is 26.4. The summed E-state index contributed by atoms with van der Waals surface area (Å²) in [7, 11) is 0. The molecule has 0 heterocycles. The first-order chi connectivity index (χ1) is 33.6. The molecule has 72 heavy (non-hydrogen) atoms. The first-order valence-corrected chi connectivity index (χ1v) is 26.4. The van der Waals surface area contributed by atoms with Gasteiger partial charge in [-0.2, -0.15) is 0 Å². The average Bonchev–Trinajstić information content (AvgIpc) is 3.55. The van der Waals surface area contributed by atoms with Crippen LogP contribution in [0.3, 0.4) is 0 Å². The van der Waals surface area contributed by atoms with Gasteiger partial charge in [0.25, 0.3) is 0 Å². The summed E-state index contributed by atoms with van der Waals surface area (Å²) in [5.74, 6) is 0. The van der Waals surface area contributed by atoms with E-state index in [4.69, 9.17) is 0 Å². The number of rotatable bonds is 7. The third-order valence-corrected chi connectivity index (χ3v) is 15.4. The molecular weight excluding hydrogens is 867 g/mol. The molecule has 0 spiro atoms. The van der Waals surface area contributed by atoms with Crippen molar-refractivity contribution in [1.82, 2.24) is 0 Å². The van der Waals surface area contributed by atoms with E-state index in [1.807, 2.05) is 0 Å². The van der Waals surface area contributed by atoms with Crippen molar-refractivity contribution < 1.29 is 0 Å². The molecule has 1 heteroatoms. The van der Waals surface area contributed by atoms with Crippen LogP contribution >= 0.6 is 0 Å². The standard InChI is InChI=1S/C71H79N/c1-66(2,3)54-30-28-46(29-31-54)47-22-20-24-59(42-47)72(61-32-33-63-62-26-18-19-27-64(62)71(16,17)65(63)45-61)60-25-21-23-48(43-60)49-34-50(37-55(36-49)67(4,5)6)51-35-52(39-56(38-51)68(7,8)9)53-40-57(69(10,11)12)44-58(41-53)70(13,14)15/h18-45H,1-17H3. The predicted octanol–water partition coefficient (Wildman–Crippen LogP) is 20.6. The highest BCUT2D eigenvalue weighted by atomic mass is 15.1. The van der Waals surface area contributed by atoms with E-state index < -0.39 is 0 Å². The molecule has 0 radical (unpaired) electrons. The fraction of sp³-hybridized carbons (Fsp3) is 0.324. The molecule has 0 amide bonds. The summed E-state index contributed by atoms with van der Waals surface area (Å²) in [5.41, 5.74) is 25.2. The van der Waals surface area contributed by atoms with Crippen LogP contribution in [-0.4, -0.2) is 0 Å². The number of hydrogen-bond acceptors (Lipinski definition) is 1. The van der Waals surface area contributed by atoms with Gasteiger partial charge in [0.2, 0.25) is 0 Å². The van der Waals surface area contributed by atoms with Gasteiger partial charge in [0.1, 0.15) is 0 Å². The molecule has 8 aromatic carbocycles. The van der Waals surface area contributed by atoms with Crippen LogP contribution < -0.4 is 4.90 Å². The Balaban J connectivity index is 1.21. The van der Waals surface area contributed by atoms with Crippen molar-refractivity contribution in [3.8, 4) is 55.6 Å². The Morgan fingerprint density at radius 1 is 0.264 bits per heavy atom. The molecule has 1 aliphatic carbocycles. The summed E-state index contributed by atoms with van der Waals surface area (Å²) in [5, 5.41) is 0. The van der Waals surface area contributed by atoms with E-state index in [0.717, 1.165) is 17.1 Å². The monoisotopic (exact) mass is 946 g/mol. The molecule has 0 unspecified atom stereocenters. The second-order valence-corrected chi connectivity index (χ2v) is 26.6. The van der Waals surface area contributed by atoms with E-state index >= 15 is 0 Å². The molecule has 0 saturated carbocycles. The Morgan fingerprint density at radius 3 is 1.10 bits per heavy atom. The molecule has 0 aromatic heterocycles. The number of benzene rings is 8. The normalized spacial score (nSPS) is 13.7. The molecule has 0 saturated heterocycles. The Hall–Kier alpha value is -6.44.